The Balaban J connectivity index is 2.12. The van der Waals surface area contributed by atoms with Crippen molar-refractivity contribution in [3.63, 3.8) is 0 Å². The van der Waals surface area contributed by atoms with Gasteiger partial charge in [-0.25, -0.2) is 0 Å². The van der Waals surface area contributed by atoms with Gasteiger partial charge in [0.2, 0.25) is 0 Å². The molecule has 6 heteroatoms. The fourth-order valence-corrected chi connectivity index (χ4v) is 5.08. The van der Waals surface area contributed by atoms with Crippen LogP contribution in [0.1, 0.15) is 0 Å². The van der Waals surface area contributed by atoms with E-state index in [1.807, 2.05) is 0 Å². The van der Waals surface area contributed by atoms with E-state index in [1.54, 1.807) is 23.5 Å². The molecule has 0 bridgehead atoms. The van der Waals surface area contributed by atoms with Crippen LogP contribution < -0.4 is 0 Å². The maximum Gasteiger partial charge on any atom is 0.0274 e. The van der Waals surface area contributed by atoms with Crippen LogP contribution in [0.15, 0.2) is 63.4 Å². The Morgan fingerprint density at radius 1 is 0.500 bits per heavy atom. The van der Waals surface area contributed by atoms with Gasteiger partial charge < -0.3 is 0 Å². The van der Waals surface area contributed by atoms with Gasteiger partial charge in [-0.2, -0.15) is 0 Å². The second-order valence-corrected chi connectivity index (χ2v) is 7.87. The third-order valence-corrected chi connectivity index (χ3v) is 6.84. The highest BCUT2D eigenvalue weighted by Crippen LogP contribution is 2.51. The molecule has 1 heterocycles. The standard InChI is InChI=1S/C12H8S6/c13-5-1-9-10(2-6(5)14)18-12-4-8(16)7(15)3-11(12)17-9/h1-4,13-16H. The van der Waals surface area contributed by atoms with Crippen LogP contribution in [0.4, 0.5) is 0 Å². The molecule has 0 radical (unpaired) electrons. The Kier molecular flexibility index (Phi) is 3.86. The molecule has 0 nitrogen and oxygen atoms in total. The van der Waals surface area contributed by atoms with E-state index in [2.05, 4.69) is 74.8 Å². The highest BCUT2D eigenvalue weighted by atomic mass is 32.2. The molecule has 0 unspecified atom stereocenters. The van der Waals surface area contributed by atoms with Gasteiger partial charge in [-0.3, -0.25) is 0 Å². The largest absolute Gasteiger partial charge is 0.142 e. The molecule has 2 aromatic rings. The lowest BCUT2D eigenvalue weighted by atomic mass is 10.3. The topological polar surface area (TPSA) is 0 Å². The quantitative estimate of drug-likeness (QED) is 0.400. The highest BCUT2D eigenvalue weighted by Gasteiger charge is 2.19. The molecule has 1 aliphatic heterocycles. The van der Waals surface area contributed by atoms with Gasteiger partial charge in [0.25, 0.3) is 0 Å². The predicted octanol–water partition coefficient (Wildman–Crippen LogP) is 5.46. The van der Waals surface area contributed by atoms with Crippen LogP contribution in [0.3, 0.4) is 0 Å². The van der Waals surface area contributed by atoms with Gasteiger partial charge in [-0.15, -0.1) is 50.5 Å². The zero-order valence-electron chi connectivity index (χ0n) is 8.91. The zero-order valence-corrected chi connectivity index (χ0v) is 14.1. The Labute approximate surface area is 136 Å². The van der Waals surface area contributed by atoms with Crippen LogP contribution in [0, 0.1) is 0 Å². The molecule has 18 heavy (non-hydrogen) atoms. The molecule has 92 valence electrons. The maximum atomic E-state index is 4.41. The Hall–Kier alpha value is 0.540. The summed E-state index contributed by atoms with van der Waals surface area (Å²) in [5, 5.41) is 0. The minimum Gasteiger partial charge on any atom is -0.142 e. The second kappa shape index (κ2) is 5.14. The van der Waals surface area contributed by atoms with Crippen molar-refractivity contribution in [3.8, 4) is 0 Å². The molecule has 0 spiro atoms. The molecule has 0 N–H and O–H groups in total. The van der Waals surface area contributed by atoms with E-state index in [9.17, 15) is 0 Å². The number of benzene rings is 2. The van der Waals surface area contributed by atoms with E-state index in [0.717, 1.165) is 19.6 Å². The minimum atomic E-state index is 0.908. The number of thiol groups is 4. The van der Waals surface area contributed by atoms with Gasteiger partial charge >= 0.3 is 0 Å². The molecule has 3 rings (SSSR count). The summed E-state index contributed by atoms with van der Waals surface area (Å²) in [7, 11) is 0. The molecule has 0 amide bonds. The highest BCUT2D eigenvalue weighted by molar-refractivity contribution is 8.05. The normalized spacial score (nSPS) is 13.1. The Morgan fingerprint density at radius 3 is 0.944 bits per heavy atom. The van der Waals surface area contributed by atoms with Crippen LogP contribution in [-0.4, -0.2) is 0 Å². The molecular formula is C12H8S6. The summed E-state index contributed by atoms with van der Waals surface area (Å²) in [6, 6.07) is 8.25. The van der Waals surface area contributed by atoms with E-state index >= 15 is 0 Å². The van der Waals surface area contributed by atoms with Crippen LogP contribution in [0.25, 0.3) is 0 Å². The average molecular weight is 345 g/mol. The van der Waals surface area contributed by atoms with Gasteiger partial charge in [0.15, 0.2) is 0 Å². The molecule has 2 aromatic carbocycles. The van der Waals surface area contributed by atoms with Crippen molar-refractivity contribution in [2.24, 2.45) is 0 Å². The van der Waals surface area contributed by atoms with Crippen molar-refractivity contribution >= 4 is 74.0 Å². The summed E-state index contributed by atoms with van der Waals surface area (Å²) in [5.74, 6) is 0. The average Bonchev–Trinajstić information content (AvgIpc) is 2.31. The third kappa shape index (κ3) is 2.43. The molecule has 0 saturated carbocycles. The van der Waals surface area contributed by atoms with Crippen LogP contribution >= 0.6 is 74.0 Å². The van der Waals surface area contributed by atoms with Crippen LogP contribution in [0.2, 0.25) is 0 Å². The van der Waals surface area contributed by atoms with Crippen molar-refractivity contribution < 1.29 is 0 Å². The number of hydrogen-bond donors (Lipinski definition) is 4. The van der Waals surface area contributed by atoms with Crippen LogP contribution in [0.5, 0.6) is 0 Å². The summed E-state index contributed by atoms with van der Waals surface area (Å²) in [6.07, 6.45) is 0. The minimum absolute atomic E-state index is 0.908. The molecule has 0 saturated heterocycles. The van der Waals surface area contributed by atoms with E-state index < -0.39 is 0 Å². The van der Waals surface area contributed by atoms with E-state index in [4.69, 9.17) is 0 Å². The molecule has 0 aliphatic carbocycles. The number of fused-ring (bicyclic) bond motifs is 2. The van der Waals surface area contributed by atoms with Crippen molar-refractivity contribution in [2.75, 3.05) is 0 Å². The Bertz CT molecular complexity index is 538. The molecular weight excluding hydrogens is 337 g/mol. The first-order chi connectivity index (χ1) is 8.54. The predicted molar refractivity (Wildman–Crippen MR) is 90.1 cm³/mol. The lowest BCUT2D eigenvalue weighted by Gasteiger charge is -2.20. The summed E-state index contributed by atoms with van der Waals surface area (Å²) in [5.41, 5.74) is 0. The van der Waals surface area contributed by atoms with Crippen molar-refractivity contribution in [2.45, 2.75) is 39.2 Å². The van der Waals surface area contributed by atoms with E-state index in [1.165, 1.54) is 19.6 Å². The molecule has 0 atom stereocenters. The zero-order chi connectivity index (χ0) is 12.9. The van der Waals surface area contributed by atoms with Crippen molar-refractivity contribution in [3.05, 3.63) is 24.3 Å². The fraction of sp³-hybridized carbons (Fsp3) is 0. The number of rotatable bonds is 0. The van der Waals surface area contributed by atoms with Crippen molar-refractivity contribution in [1.29, 1.82) is 0 Å². The summed E-state index contributed by atoms with van der Waals surface area (Å²) in [6.45, 7) is 0. The monoisotopic (exact) mass is 344 g/mol. The first kappa shape index (κ1) is 13.5. The van der Waals surface area contributed by atoms with Gasteiger partial charge in [-0.05, 0) is 24.3 Å². The first-order valence-electron chi connectivity index (χ1n) is 5.02. The lowest BCUT2D eigenvalue weighted by molar-refractivity contribution is 1.04. The van der Waals surface area contributed by atoms with Crippen molar-refractivity contribution in [1.82, 2.24) is 0 Å². The summed E-state index contributed by atoms with van der Waals surface area (Å²) < 4.78 is 0. The fourth-order valence-electron chi connectivity index (χ4n) is 1.63. The van der Waals surface area contributed by atoms with Gasteiger partial charge in [-0.1, -0.05) is 23.5 Å². The number of hydrogen-bond acceptors (Lipinski definition) is 6. The SMILES string of the molecule is Sc1cc2c(cc1S)Sc1cc(S)c(S)cc1S2. The summed E-state index contributed by atoms with van der Waals surface area (Å²) >= 11 is 21.1. The van der Waals surface area contributed by atoms with Gasteiger partial charge in [0.05, 0.1) is 0 Å². The Morgan fingerprint density at radius 2 is 0.722 bits per heavy atom. The maximum absolute atomic E-state index is 4.41. The first-order valence-corrected chi connectivity index (χ1v) is 8.44. The van der Waals surface area contributed by atoms with Gasteiger partial charge in [0.1, 0.15) is 0 Å². The smallest absolute Gasteiger partial charge is 0.0274 e. The van der Waals surface area contributed by atoms with Crippen LogP contribution in [-0.2, 0) is 0 Å². The van der Waals surface area contributed by atoms with E-state index in [0.29, 0.717) is 0 Å². The van der Waals surface area contributed by atoms with Gasteiger partial charge in [0, 0.05) is 39.2 Å². The molecule has 0 aromatic heterocycles. The second-order valence-electron chi connectivity index (χ2n) is 3.78. The molecule has 1 aliphatic rings. The van der Waals surface area contributed by atoms with E-state index in [-0.39, 0.29) is 0 Å². The molecule has 0 fully saturated rings. The lowest BCUT2D eigenvalue weighted by Crippen LogP contribution is -1.91. The summed E-state index contributed by atoms with van der Waals surface area (Å²) in [4.78, 5) is 8.50. The third-order valence-electron chi connectivity index (χ3n) is 2.52.